The third kappa shape index (κ3) is 2.08. The maximum atomic E-state index is 11.7. The molecular weight excluding hydrogens is 202 g/mol. The van der Waals surface area contributed by atoms with Crippen molar-refractivity contribution in [3.05, 3.63) is 30.3 Å². The molecule has 2 rings (SSSR count). The van der Waals surface area contributed by atoms with Crippen LogP contribution in [0.15, 0.2) is 30.3 Å². The number of ether oxygens (including phenoxy) is 1. The van der Waals surface area contributed by atoms with E-state index in [0.29, 0.717) is 5.88 Å². The number of carbonyl (C=O) groups excluding carboxylic acids is 1. The zero-order chi connectivity index (χ0) is 11.8. The van der Waals surface area contributed by atoms with Crippen molar-refractivity contribution in [3.8, 4) is 5.88 Å². The minimum atomic E-state index is -0.489. The van der Waals surface area contributed by atoms with Crippen LogP contribution in [0.3, 0.4) is 0 Å². The SMILES string of the molecule is CC(C)(C)C(=O)Oc1cc2ccccc2[nH]1. The number of nitrogens with one attached hydrogen (secondary N) is 1. The van der Waals surface area contributed by atoms with Crippen LogP contribution >= 0.6 is 0 Å². The third-order valence-electron chi connectivity index (χ3n) is 2.32. The van der Waals surface area contributed by atoms with Gasteiger partial charge in [-0.05, 0) is 26.8 Å². The Morgan fingerprint density at radius 3 is 2.56 bits per heavy atom. The molecule has 84 valence electrons. The maximum Gasteiger partial charge on any atom is 0.317 e. The fraction of sp³-hybridized carbons (Fsp3) is 0.308. The minimum absolute atomic E-state index is 0.237. The Labute approximate surface area is 94.4 Å². The lowest BCUT2D eigenvalue weighted by Gasteiger charge is -2.14. The van der Waals surface area contributed by atoms with E-state index in [9.17, 15) is 4.79 Å². The van der Waals surface area contributed by atoms with E-state index in [1.807, 2.05) is 51.1 Å². The number of aromatic amines is 1. The van der Waals surface area contributed by atoms with Crippen LogP contribution in [0.4, 0.5) is 0 Å². The van der Waals surface area contributed by atoms with Gasteiger partial charge in [0.25, 0.3) is 0 Å². The molecule has 0 saturated carbocycles. The number of aromatic nitrogens is 1. The second kappa shape index (κ2) is 3.67. The largest absolute Gasteiger partial charge is 0.409 e. The van der Waals surface area contributed by atoms with Crippen LogP contribution in [0.5, 0.6) is 5.88 Å². The lowest BCUT2D eigenvalue weighted by molar-refractivity contribution is -0.143. The van der Waals surface area contributed by atoms with Crippen molar-refractivity contribution in [2.75, 3.05) is 0 Å². The molecule has 0 unspecified atom stereocenters. The molecule has 0 aliphatic heterocycles. The van der Waals surface area contributed by atoms with Crippen LogP contribution in [0.2, 0.25) is 0 Å². The zero-order valence-electron chi connectivity index (χ0n) is 9.70. The van der Waals surface area contributed by atoms with Gasteiger partial charge in [0.2, 0.25) is 5.88 Å². The summed E-state index contributed by atoms with van der Waals surface area (Å²) in [5.74, 6) is 0.264. The van der Waals surface area contributed by atoms with Gasteiger partial charge in [-0.2, -0.15) is 0 Å². The average molecular weight is 217 g/mol. The summed E-state index contributed by atoms with van der Waals surface area (Å²) >= 11 is 0. The number of fused-ring (bicyclic) bond motifs is 1. The minimum Gasteiger partial charge on any atom is -0.409 e. The molecule has 16 heavy (non-hydrogen) atoms. The molecule has 0 saturated heterocycles. The summed E-state index contributed by atoms with van der Waals surface area (Å²) in [4.78, 5) is 14.7. The molecular formula is C13H15NO2. The van der Waals surface area contributed by atoms with Gasteiger partial charge in [-0.3, -0.25) is 4.79 Å². The Balaban J connectivity index is 2.25. The number of hydrogen-bond donors (Lipinski definition) is 1. The van der Waals surface area contributed by atoms with Crippen molar-refractivity contribution < 1.29 is 9.53 Å². The Morgan fingerprint density at radius 1 is 1.25 bits per heavy atom. The molecule has 1 heterocycles. The predicted octanol–water partition coefficient (Wildman–Crippen LogP) is 3.12. The smallest absolute Gasteiger partial charge is 0.317 e. The molecule has 0 radical (unpaired) electrons. The summed E-state index contributed by atoms with van der Waals surface area (Å²) in [6, 6.07) is 9.64. The number of para-hydroxylation sites is 1. The molecule has 1 aromatic carbocycles. The monoisotopic (exact) mass is 217 g/mol. The van der Waals surface area contributed by atoms with Crippen molar-refractivity contribution in [1.29, 1.82) is 0 Å². The number of rotatable bonds is 1. The molecule has 0 bridgehead atoms. The number of carbonyl (C=O) groups is 1. The molecule has 2 aromatic rings. The first-order chi connectivity index (χ1) is 7.47. The summed E-state index contributed by atoms with van der Waals surface area (Å²) in [5, 5.41) is 1.04. The second-order valence-corrected chi connectivity index (χ2v) is 4.86. The van der Waals surface area contributed by atoms with Crippen molar-refractivity contribution in [1.82, 2.24) is 4.98 Å². The van der Waals surface area contributed by atoms with E-state index in [-0.39, 0.29) is 5.97 Å². The number of hydrogen-bond acceptors (Lipinski definition) is 2. The van der Waals surface area contributed by atoms with Gasteiger partial charge in [0, 0.05) is 17.0 Å². The normalized spacial score (nSPS) is 11.7. The Morgan fingerprint density at radius 2 is 1.94 bits per heavy atom. The number of esters is 1. The van der Waals surface area contributed by atoms with Gasteiger partial charge in [0.15, 0.2) is 0 Å². The standard InChI is InChI=1S/C13H15NO2/c1-13(2,3)12(15)16-11-8-9-6-4-5-7-10(9)14-11/h4-8,14H,1-3H3. The van der Waals surface area contributed by atoms with Crippen molar-refractivity contribution in [2.45, 2.75) is 20.8 Å². The Kier molecular flexibility index (Phi) is 2.46. The van der Waals surface area contributed by atoms with E-state index in [1.54, 1.807) is 0 Å². The van der Waals surface area contributed by atoms with Gasteiger partial charge in [-0.25, -0.2) is 0 Å². The van der Waals surface area contributed by atoms with E-state index in [0.717, 1.165) is 10.9 Å². The molecule has 3 heteroatoms. The van der Waals surface area contributed by atoms with Crippen LogP contribution in [-0.4, -0.2) is 11.0 Å². The van der Waals surface area contributed by atoms with Crippen LogP contribution in [-0.2, 0) is 4.79 Å². The number of benzene rings is 1. The highest BCUT2D eigenvalue weighted by Crippen LogP contribution is 2.23. The van der Waals surface area contributed by atoms with Crippen LogP contribution < -0.4 is 4.74 Å². The summed E-state index contributed by atoms with van der Waals surface area (Å²) in [6.45, 7) is 5.49. The van der Waals surface area contributed by atoms with E-state index >= 15 is 0 Å². The van der Waals surface area contributed by atoms with E-state index in [4.69, 9.17) is 4.74 Å². The van der Waals surface area contributed by atoms with Gasteiger partial charge in [0.1, 0.15) is 0 Å². The first-order valence-electron chi connectivity index (χ1n) is 5.27. The summed E-state index contributed by atoms with van der Waals surface area (Å²) in [6.07, 6.45) is 0. The molecule has 0 amide bonds. The van der Waals surface area contributed by atoms with Gasteiger partial charge < -0.3 is 9.72 Å². The van der Waals surface area contributed by atoms with Gasteiger partial charge >= 0.3 is 5.97 Å². The first-order valence-corrected chi connectivity index (χ1v) is 5.27. The summed E-state index contributed by atoms with van der Waals surface area (Å²) in [7, 11) is 0. The van der Waals surface area contributed by atoms with E-state index in [2.05, 4.69) is 4.98 Å². The van der Waals surface area contributed by atoms with Crippen LogP contribution in [0.25, 0.3) is 10.9 Å². The molecule has 1 aromatic heterocycles. The summed E-state index contributed by atoms with van der Waals surface area (Å²) < 4.78 is 5.27. The molecule has 1 N–H and O–H groups in total. The molecule has 0 aliphatic rings. The van der Waals surface area contributed by atoms with Crippen molar-refractivity contribution in [3.63, 3.8) is 0 Å². The fourth-order valence-corrected chi connectivity index (χ4v) is 1.35. The topological polar surface area (TPSA) is 42.1 Å². The molecule has 0 atom stereocenters. The third-order valence-corrected chi connectivity index (χ3v) is 2.32. The highest BCUT2D eigenvalue weighted by molar-refractivity contribution is 5.83. The van der Waals surface area contributed by atoms with Gasteiger partial charge in [-0.15, -0.1) is 0 Å². The first kappa shape index (κ1) is 10.7. The lowest BCUT2D eigenvalue weighted by atomic mass is 9.97. The van der Waals surface area contributed by atoms with E-state index in [1.165, 1.54) is 0 Å². The highest BCUT2D eigenvalue weighted by Gasteiger charge is 2.24. The van der Waals surface area contributed by atoms with Gasteiger partial charge in [0.05, 0.1) is 5.41 Å². The molecule has 0 aliphatic carbocycles. The molecule has 0 fully saturated rings. The quantitative estimate of drug-likeness (QED) is 0.746. The van der Waals surface area contributed by atoms with Crippen LogP contribution in [0.1, 0.15) is 20.8 Å². The average Bonchev–Trinajstić information content (AvgIpc) is 2.58. The predicted molar refractivity (Wildman–Crippen MR) is 63.4 cm³/mol. The fourth-order valence-electron chi connectivity index (χ4n) is 1.35. The lowest BCUT2D eigenvalue weighted by Crippen LogP contribution is -2.25. The van der Waals surface area contributed by atoms with E-state index < -0.39 is 5.41 Å². The Hall–Kier alpha value is -1.77. The van der Waals surface area contributed by atoms with Crippen molar-refractivity contribution >= 4 is 16.9 Å². The van der Waals surface area contributed by atoms with Gasteiger partial charge in [-0.1, -0.05) is 18.2 Å². The van der Waals surface area contributed by atoms with Crippen molar-refractivity contribution in [2.24, 2.45) is 5.41 Å². The summed E-state index contributed by atoms with van der Waals surface area (Å²) in [5.41, 5.74) is 0.483. The molecule has 3 nitrogen and oxygen atoms in total. The zero-order valence-corrected chi connectivity index (χ0v) is 9.70. The Bertz CT molecular complexity index is 487. The highest BCUT2D eigenvalue weighted by atomic mass is 16.5. The van der Waals surface area contributed by atoms with Crippen LogP contribution in [0, 0.1) is 5.41 Å². The maximum absolute atomic E-state index is 11.7. The molecule has 0 spiro atoms. The second-order valence-electron chi connectivity index (χ2n) is 4.86. The number of H-pyrrole nitrogens is 1.